The lowest BCUT2D eigenvalue weighted by Crippen LogP contribution is -2.14. The highest BCUT2D eigenvalue weighted by atomic mass is 32.1. The van der Waals surface area contributed by atoms with E-state index in [1.165, 1.54) is 17.4 Å². The van der Waals surface area contributed by atoms with Crippen molar-refractivity contribution in [3.05, 3.63) is 75.4 Å². The van der Waals surface area contributed by atoms with Gasteiger partial charge in [-0.2, -0.15) is 0 Å². The summed E-state index contributed by atoms with van der Waals surface area (Å²) in [7, 11) is 3.73. The Morgan fingerprint density at radius 2 is 2.09 bits per heavy atom. The highest BCUT2D eigenvalue weighted by Crippen LogP contribution is 2.40. The number of imidazole rings is 1. The van der Waals surface area contributed by atoms with Gasteiger partial charge < -0.3 is 15.4 Å². The second-order valence-electron chi connectivity index (χ2n) is 7.77. The van der Waals surface area contributed by atoms with Crippen LogP contribution in [0.25, 0.3) is 16.2 Å². The predicted molar refractivity (Wildman–Crippen MR) is 128 cm³/mol. The molecule has 1 aromatic carbocycles. The van der Waals surface area contributed by atoms with Crippen molar-refractivity contribution in [3.63, 3.8) is 0 Å². The molecule has 1 atom stereocenters. The normalized spacial score (nSPS) is 12.0. The highest BCUT2D eigenvalue weighted by Gasteiger charge is 2.24. The number of carbonyl (C=O) groups is 1. The lowest BCUT2D eigenvalue weighted by Gasteiger charge is -2.18. The Hall–Kier alpha value is -3.92. The first-order valence-corrected chi connectivity index (χ1v) is 11.0. The Morgan fingerprint density at radius 3 is 2.79 bits per heavy atom. The van der Waals surface area contributed by atoms with E-state index in [2.05, 4.69) is 4.98 Å². The van der Waals surface area contributed by atoms with Crippen LogP contribution in [0.5, 0.6) is 5.75 Å². The molecule has 0 fully saturated rings. The second-order valence-corrected chi connectivity index (χ2v) is 8.90. The Morgan fingerprint density at radius 1 is 1.30 bits per heavy atom. The molecule has 4 aromatic rings. The summed E-state index contributed by atoms with van der Waals surface area (Å²) in [5, 5.41) is 11.6. The summed E-state index contributed by atoms with van der Waals surface area (Å²) >= 11 is 1.39. The number of nitrogens with two attached hydrogens (primary N) is 1. The van der Waals surface area contributed by atoms with Gasteiger partial charge in [0.05, 0.1) is 38.6 Å². The van der Waals surface area contributed by atoms with Gasteiger partial charge >= 0.3 is 0 Å². The number of aromatic nitrogens is 2. The number of primary amides is 1. The summed E-state index contributed by atoms with van der Waals surface area (Å²) in [6.45, 7) is 1.75. The van der Waals surface area contributed by atoms with Crippen LogP contribution in [0.3, 0.4) is 0 Å². The molecule has 3 aromatic heterocycles. The van der Waals surface area contributed by atoms with Crippen molar-refractivity contribution < 1.29 is 14.5 Å². The van der Waals surface area contributed by atoms with Crippen molar-refractivity contribution in [2.24, 2.45) is 5.73 Å². The fourth-order valence-electron chi connectivity index (χ4n) is 3.60. The molecule has 33 heavy (non-hydrogen) atoms. The van der Waals surface area contributed by atoms with Crippen molar-refractivity contribution in [2.75, 3.05) is 19.0 Å². The minimum Gasteiger partial charge on any atom is -0.485 e. The molecule has 0 aliphatic rings. The molecule has 4 rings (SSSR count). The zero-order valence-electron chi connectivity index (χ0n) is 18.4. The Kier molecular flexibility index (Phi) is 6.01. The Balaban J connectivity index is 1.74. The minimum atomic E-state index is -0.637. The fraction of sp³-hybridized carbons (Fsp3) is 0.217. The maximum Gasteiger partial charge on any atom is 0.276 e. The predicted octanol–water partition coefficient (Wildman–Crippen LogP) is 4.20. The van der Waals surface area contributed by atoms with E-state index in [1.54, 1.807) is 25.3 Å². The number of pyridine rings is 1. The maximum absolute atomic E-state index is 11.7. The van der Waals surface area contributed by atoms with Gasteiger partial charge in [0.1, 0.15) is 17.5 Å². The van der Waals surface area contributed by atoms with Gasteiger partial charge in [-0.3, -0.25) is 19.3 Å². The summed E-state index contributed by atoms with van der Waals surface area (Å²) < 4.78 is 8.14. The molecule has 10 heteroatoms. The molecule has 0 saturated carbocycles. The molecule has 0 bridgehead atoms. The summed E-state index contributed by atoms with van der Waals surface area (Å²) in [5.41, 5.74) is 8.35. The number of hydrogen-bond donors (Lipinski definition) is 1. The number of amides is 1. The molecule has 0 radical (unpaired) electrons. The third-order valence-corrected chi connectivity index (χ3v) is 6.38. The van der Waals surface area contributed by atoms with Crippen LogP contribution in [0.15, 0.2) is 54.9 Å². The van der Waals surface area contributed by atoms with E-state index in [9.17, 15) is 14.9 Å². The second kappa shape index (κ2) is 8.91. The third-order valence-electron chi connectivity index (χ3n) is 5.24. The Labute approximate surface area is 194 Å². The molecule has 1 unspecified atom stereocenters. The van der Waals surface area contributed by atoms with E-state index in [-0.39, 0.29) is 12.1 Å². The van der Waals surface area contributed by atoms with E-state index in [0.29, 0.717) is 16.2 Å². The highest BCUT2D eigenvalue weighted by molar-refractivity contribution is 7.15. The van der Waals surface area contributed by atoms with E-state index in [4.69, 9.17) is 10.5 Å². The number of hydrogen-bond acceptors (Lipinski definition) is 7. The molecule has 0 aliphatic carbocycles. The van der Waals surface area contributed by atoms with Gasteiger partial charge in [-0.25, -0.2) is 4.98 Å². The van der Waals surface area contributed by atoms with Gasteiger partial charge in [0.2, 0.25) is 5.91 Å². The van der Waals surface area contributed by atoms with E-state index in [1.807, 2.05) is 53.9 Å². The molecule has 170 valence electrons. The van der Waals surface area contributed by atoms with Gasteiger partial charge in [0.25, 0.3) is 5.69 Å². The number of nitrogens with zero attached hydrogens (tertiary/aromatic N) is 4. The lowest BCUT2D eigenvalue weighted by atomic mass is 10.1. The number of carbonyl (C=O) groups excluding carboxylic acids is 1. The van der Waals surface area contributed by atoms with E-state index < -0.39 is 16.9 Å². The van der Waals surface area contributed by atoms with Crippen LogP contribution in [-0.4, -0.2) is 34.3 Å². The van der Waals surface area contributed by atoms with Crippen molar-refractivity contribution in [3.8, 4) is 16.3 Å². The molecule has 0 spiro atoms. The van der Waals surface area contributed by atoms with E-state index in [0.717, 1.165) is 21.9 Å². The van der Waals surface area contributed by atoms with Crippen LogP contribution in [-0.2, 0) is 11.2 Å². The van der Waals surface area contributed by atoms with Crippen LogP contribution < -0.4 is 15.4 Å². The molecule has 0 saturated heterocycles. The number of fused-ring (bicyclic) bond motifs is 1. The van der Waals surface area contributed by atoms with Gasteiger partial charge in [-0.05, 0) is 31.2 Å². The minimum absolute atomic E-state index is 0.00326. The largest absolute Gasteiger partial charge is 0.485 e. The molecular formula is C23H23N5O4S. The number of anilines is 1. The molecular weight excluding hydrogens is 442 g/mol. The monoisotopic (exact) mass is 465 g/mol. The van der Waals surface area contributed by atoms with Crippen molar-refractivity contribution in [1.82, 2.24) is 9.38 Å². The number of nitro benzene ring substituents is 1. The first-order chi connectivity index (χ1) is 15.7. The molecule has 3 heterocycles. The van der Waals surface area contributed by atoms with Crippen molar-refractivity contribution in [2.45, 2.75) is 19.4 Å². The van der Waals surface area contributed by atoms with Gasteiger partial charge in [0, 0.05) is 38.1 Å². The number of nitro groups is 1. The zero-order valence-corrected chi connectivity index (χ0v) is 19.2. The summed E-state index contributed by atoms with van der Waals surface area (Å²) in [5.74, 6) is -0.0173. The van der Waals surface area contributed by atoms with Crippen LogP contribution in [0.1, 0.15) is 23.5 Å². The number of benzene rings is 1. The van der Waals surface area contributed by atoms with Crippen molar-refractivity contribution in [1.29, 1.82) is 0 Å². The SMILES string of the molecule is CC(Oc1cc(-c2cnc3ccccn23)sc1CC(N)=O)c1cc(N(C)C)ccc1[N+](=O)[O-]. The van der Waals surface area contributed by atoms with Crippen LogP contribution in [0.2, 0.25) is 0 Å². The lowest BCUT2D eigenvalue weighted by molar-refractivity contribution is -0.386. The standard InChI is InChI=1S/C23H23N5O4S/c1-14(16-10-15(26(2)3)7-8-17(16)28(30)31)32-19-11-20(33-21(19)12-22(24)29)18-13-25-23-6-4-5-9-27(18)23/h4-11,13-14H,12H2,1-3H3,(H2,24,29). The number of ether oxygens (including phenoxy) is 1. The van der Waals surface area contributed by atoms with E-state index >= 15 is 0 Å². The first-order valence-electron chi connectivity index (χ1n) is 10.2. The zero-order chi connectivity index (χ0) is 23.7. The van der Waals surface area contributed by atoms with Crippen molar-refractivity contribution >= 4 is 34.3 Å². The maximum atomic E-state index is 11.7. The van der Waals surface area contributed by atoms with Gasteiger partial charge in [-0.1, -0.05) is 6.07 Å². The molecule has 9 nitrogen and oxygen atoms in total. The number of thiophene rings is 1. The average molecular weight is 466 g/mol. The third kappa shape index (κ3) is 4.51. The molecule has 0 aliphatic heterocycles. The molecule has 1 amide bonds. The fourth-order valence-corrected chi connectivity index (χ4v) is 4.71. The molecule has 2 N–H and O–H groups in total. The van der Waals surface area contributed by atoms with Crippen LogP contribution in [0.4, 0.5) is 11.4 Å². The quantitative estimate of drug-likeness (QED) is 0.308. The van der Waals surface area contributed by atoms with Crippen LogP contribution in [0, 0.1) is 10.1 Å². The Bertz CT molecular complexity index is 1340. The smallest absolute Gasteiger partial charge is 0.276 e. The van der Waals surface area contributed by atoms with Crippen LogP contribution >= 0.6 is 11.3 Å². The number of rotatable bonds is 8. The van der Waals surface area contributed by atoms with Gasteiger partial charge in [0.15, 0.2) is 0 Å². The summed E-state index contributed by atoms with van der Waals surface area (Å²) in [4.78, 5) is 30.7. The summed E-state index contributed by atoms with van der Waals surface area (Å²) in [6.07, 6.45) is 3.03. The summed E-state index contributed by atoms with van der Waals surface area (Å²) in [6, 6.07) is 12.5. The van der Waals surface area contributed by atoms with Gasteiger partial charge in [-0.15, -0.1) is 11.3 Å². The first kappa shape index (κ1) is 22.3. The topological polar surface area (TPSA) is 116 Å². The average Bonchev–Trinajstić information content (AvgIpc) is 3.36.